The van der Waals surface area contributed by atoms with Crippen molar-refractivity contribution < 1.29 is 5.11 Å². The molecule has 54 valence electrons. The minimum Gasteiger partial charge on any atom is -0.384 e. The van der Waals surface area contributed by atoms with Crippen LogP contribution in [0.3, 0.4) is 0 Å². The summed E-state index contributed by atoms with van der Waals surface area (Å²) in [6.45, 7) is -0.0326. The van der Waals surface area contributed by atoms with Gasteiger partial charge in [0.2, 0.25) is 0 Å². The van der Waals surface area contributed by atoms with Crippen LogP contribution < -0.4 is 0 Å². The van der Waals surface area contributed by atoms with Gasteiger partial charge in [0.25, 0.3) is 0 Å². The number of unbranched alkanes of at least 4 members (excludes halogenated alkanes) is 3. The van der Waals surface area contributed by atoms with Crippen LogP contribution in [0.5, 0.6) is 0 Å². The van der Waals surface area contributed by atoms with E-state index < -0.39 is 0 Å². The number of hydrogen-bond donors (Lipinski definition) is 1. The van der Waals surface area contributed by atoms with Crippen molar-refractivity contribution in [3.8, 4) is 24.2 Å². The Morgan fingerprint density at radius 2 is 1.80 bits per heavy atom. The first kappa shape index (κ1) is 9.08. The molecule has 0 aliphatic carbocycles. The van der Waals surface area contributed by atoms with E-state index in [1.165, 1.54) is 0 Å². The fourth-order valence-electron chi connectivity index (χ4n) is 0.585. The number of terminal acetylenes is 1. The fraction of sp³-hybridized carbons (Fsp3) is 0.556. The zero-order chi connectivity index (χ0) is 7.66. The third kappa shape index (κ3) is 7.08. The van der Waals surface area contributed by atoms with E-state index in [1.807, 2.05) is 0 Å². The largest absolute Gasteiger partial charge is 0.384 e. The second-order valence-electron chi connectivity index (χ2n) is 1.92. The lowest BCUT2D eigenvalue weighted by Gasteiger charge is -1.87. The highest BCUT2D eigenvalue weighted by Crippen LogP contribution is 1.96. The van der Waals surface area contributed by atoms with Crippen LogP contribution in [0.25, 0.3) is 0 Å². The predicted molar refractivity (Wildman–Crippen MR) is 42.2 cm³/mol. The minimum atomic E-state index is -0.0326. The molecule has 10 heavy (non-hydrogen) atoms. The van der Waals surface area contributed by atoms with Crippen molar-refractivity contribution in [3.05, 3.63) is 0 Å². The molecular formula is C9H12O. The molecule has 0 aliphatic heterocycles. The van der Waals surface area contributed by atoms with Gasteiger partial charge in [-0.1, -0.05) is 5.92 Å². The molecular weight excluding hydrogens is 124 g/mol. The van der Waals surface area contributed by atoms with E-state index >= 15 is 0 Å². The maximum absolute atomic E-state index is 8.26. The molecule has 0 aromatic rings. The summed E-state index contributed by atoms with van der Waals surface area (Å²) >= 11 is 0. The Bertz CT molecular complexity index is 154. The lowest BCUT2D eigenvalue weighted by atomic mass is 10.2. The van der Waals surface area contributed by atoms with Gasteiger partial charge in [0, 0.05) is 12.8 Å². The van der Waals surface area contributed by atoms with Crippen LogP contribution in [0, 0.1) is 24.2 Å². The van der Waals surface area contributed by atoms with Crippen LogP contribution in [0.4, 0.5) is 0 Å². The highest BCUT2D eigenvalue weighted by Gasteiger charge is 1.80. The van der Waals surface area contributed by atoms with Crippen molar-refractivity contribution in [3.63, 3.8) is 0 Å². The summed E-state index contributed by atoms with van der Waals surface area (Å²) in [6, 6.07) is 0. The summed E-state index contributed by atoms with van der Waals surface area (Å²) in [6.07, 6.45) is 8.80. The van der Waals surface area contributed by atoms with Gasteiger partial charge in [-0.3, -0.25) is 0 Å². The number of aliphatic hydroxyl groups excluding tert-OH is 1. The molecule has 0 atom stereocenters. The minimum absolute atomic E-state index is 0.0326. The standard InChI is InChI=1S/C9H12O/c1-2-3-4-5-6-7-8-9-10/h1,10H,3-6,9H2. The molecule has 0 aliphatic rings. The van der Waals surface area contributed by atoms with Crippen LogP contribution in [-0.2, 0) is 0 Å². The van der Waals surface area contributed by atoms with E-state index in [-0.39, 0.29) is 6.61 Å². The monoisotopic (exact) mass is 136 g/mol. The molecule has 0 spiro atoms. The molecule has 0 aromatic heterocycles. The molecule has 1 N–H and O–H groups in total. The molecule has 0 aromatic carbocycles. The molecule has 0 saturated heterocycles. The van der Waals surface area contributed by atoms with Gasteiger partial charge in [-0.05, 0) is 12.8 Å². The first-order valence-corrected chi connectivity index (χ1v) is 3.42. The summed E-state index contributed by atoms with van der Waals surface area (Å²) in [5, 5.41) is 8.26. The van der Waals surface area contributed by atoms with Crippen LogP contribution in [0.1, 0.15) is 25.7 Å². The van der Waals surface area contributed by atoms with E-state index in [9.17, 15) is 0 Å². The SMILES string of the molecule is C#CCCCCC#CCO. The Balaban J connectivity index is 2.99. The molecule has 1 heteroatoms. The average molecular weight is 136 g/mol. The van der Waals surface area contributed by atoms with Gasteiger partial charge in [0.05, 0.1) is 0 Å². The normalized spacial score (nSPS) is 7.60. The predicted octanol–water partition coefficient (Wildman–Crippen LogP) is 1.18. The third-order valence-corrected chi connectivity index (χ3v) is 1.08. The smallest absolute Gasteiger partial charge is 0.104 e. The van der Waals surface area contributed by atoms with E-state index in [2.05, 4.69) is 17.8 Å². The van der Waals surface area contributed by atoms with Crippen molar-refractivity contribution in [2.24, 2.45) is 0 Å². The average Bonchev–Trinajstić information content (AvgIpc) is 1.97. The Kier molecular flexibility index (Phi) is 7.34. The first-order valence-electron chi connectivity index (χ1n) is 3.42. The van der Waals surface area contributed by atoms with E-state index in [4.69, 9.17) is 11.5 Å². The zero-order valence-corrected chi connectivity index (χ0v) is 6.06. The van der Waals surface area contributed by atoms with Crippen LogP contribution >= 0.6 is 0 Å². The summed E-state index contributed by atoms with van der Waals surface area (Å²) < 4.78 is 0. The Hall–Kier alpha value is -0.920. The maximum atomic E-state index is 8.26. The number of hydrogen-bond acceptors (Lipinski definition) is 1. The van der Waals surface area contributed by atoms with Gasteiger partial charge in [0.15, 0.2) is 0 Å². The quantitative estimate of drug-likeness (QED) is 0.456. The second kappa shape index (κ2) is 8.08. The molecule has 0 rings (SSSR count). The van der Waals surface area contributed by atoms with Crippen molar-refractivity contribution in [2.75, 3.05) is 6.61 Å². The van der Waals surface area contributed by atoms with Gasteiger partial charge in [-0.2, -0.15) is 0 Å². The highest BCUT2D eigenvalue weighted by molar-refractivity contribution is 4.98. The Labute approximate surface area is 62.5 Å². The van der Waals surface area contributed by atoms with Crippen molar-refractivity contribution >= 4 is 0 Å². The molecule has 0 fully saturated rings. The Morgan fingerprint density at radius 3 is 2.40 bits per heavy atom. The molecule has 1 nitrogen and oxygen atoms in total. The van der Waals surface area contributed by atoms with E-state index in [0.717, 1.165) is 25.7 Å². The fourth-order valence-corrected chi connectivity index (χ4v) is 0.585. The number of rotatable bonds is 3. The third-order valence-electron chi connectivity index (χ3n) is 1.08. The number of aliphatic hydroxyl groups is 1. The van der Waals surface area contributed by atoms with Gasteiger partial charge < -0.3 is 5.11 Å². The highest BCUT2D eigenvalue weighted by atomic mass is 16.2. The molecule has 0 saturated carbocycles. The maximum Gasteiger partial charge on any atom is 0.104 e. The summed E-state index contributed by atoms with van der Waals surface area (Å²) in [5.41, 5.74) is 0. The van der Waals surface area contributed by atoms with Crippen molar-refractivity contribution in [2.45, 2.75) is 25.7 Å². The molecule has 0 amide bonds. The molecule has 0 unspecified atom stereocenters. The van der Waals surface area contributed by atoms with Gasteiger partial charge >= 0.3 is 0 Å². The van der Waals surface area contributed by atoms with Gasteiger partial charge in [-0.15, -0.1) is 18.3 Å². The van der Waals surface area contributed by atoms with Crippen LogP contribution in [-0.4, -0.2) is 11.7 Å². The van der Waals surface area contributed by atoms with Crippen LogP contribution in [0.15, 0.2) is 0 Å². The first-order chi connectivity index (χ1) is 4.91. The van der Waals surface area contributed by atoms with Gasteiger partial charge in [0.1, 0.15) is 6.61 Å². The lowest BCUT2D eigenvalue weighted by molar-refractivity contribution is 0.350. The summed E-state index contributed by atoms with van der Waals surface area (Å²) in [5.74, 6) is 7.97. The second-order valence-corrected chi connectivity index (χ2v) is 1.92. The lowest BCUT2D eigenvalue weighted by Crippen LogP contribution is -1.74. The topological polar surface area (TPSA) is 20.2 Å². The van der Waals surface area contributed by atoms with Gasteiger partial charge in [-0.25, -0.2) is 0 Å². The van der Waals surface area contributed by atoms with Crippen LogP contribution in [0.2, 0.25) is 0 Å². The van der Waals surface area contributed by atoms with Crippen molar-refractivity contribution in [1.82, 2.24) is 0 Å². The molecule has 0 heterocycles. The molecule has 0 bridgehead atoms. The zero-order valence-electron chi connectivity index (χ0n) is 6.06. The van der Waals surface area contributed by atoms with Crippen molar-refractivity contribution in [1.29, 1.82) is 0 Å². The van der Waals surface area contributed by atoms with E-state index in [1.54, 1.807) is 0 Å². The summed E-state index contributed by atoms with van der Waals surface area (Å²) in [4.78, 5) is 0. The molecule has 0 radical (unpaired) electrons. The summed E-state index contributed by atoms with van der Waals surface area (Å²) in [7, 11) is 0. The Morgan fingerprint density at radius 1 is 1.10 bits per heavy atom. The van der Waals surface area contributed by atoms with E-state index in [0.29, 0.717) is 0 Å².